The molecule has 1 aromatic carbocycles. The molecule has 2 aromatic rings. The van der Waals surface area contributed by atoms with Crippen molar-refractivity contribution in [2.75, 3.05) is 6.54 Å². The van der Waals surface area contributed by atoms with Crippen LogP contribution in [0.15, 0.2) is 24.4 Å². The van der Waals surface area contributed by atoms with Crippen LogP contribution in [0.4, 0.5) is 4.39 Å². The van der Waals surface area contributed by atoms with Gasteiger partial charge >= 0.3 is 0 Å². The van der Waals surface area contributed by atoms with Gasteiger partial charge in [0, 0.05) is 6.54 Å². The third-order valence-corrected chi connectivity index (χ3v) is 4.31. The van der Waals surface area contributed by atoms with Gasteiger partial charge in [-0.3, -0.25) is 9.69 Å². The predicted octanol–water partition coefficient (Wildman–Crippen LogP) is 1.90. The molecule has 0 aliphatic carbocycles. The Hall–Kier alpha value is -1.99. The van der Waals surface area contributed by atoms with Crippen molar-refractivity contribution >= 4 is 17.5 Å². The van der Waals surface area contributed by atoms with E-state index in [1.165, 1.54) is 16.8 Å². The lowest BCUT2D eigenvalue weighted by molar-refractivity contribution is -0.124. The van der Waals surface area contributed by atoms with Gasteiger partial charge in [-0.05, 0) is 37.6 Å². The summed E-state index contributed by atoms with van der Waals surface area (Å²) in [5.74, 6) is -0.782. The molecule has 1 aliphatic heterocycles. The van der Waals surface area contributed by atoms with E-state index in [2.05, 4.69) is 10.3 Å². The Morgan fingerprint density at radius 1 is 1.43 bits per heavy atom. The van der Waals surface area contributed by atoms with E-state index in [4.69, 9.17) is 17.3 Å². The Kier molecular flexibility index (Phi) is 4.58. The third kappa shape index (κ3) is 3.51. The van der Waals surface area contributed by atoms with Gasteiger partial charge in [0.15, 0.2) is 0 Å². The van der Waals surface area contributed by atoms with Crippen LogP contribution in [0.5, 0.6) is 0 Å². The molecule has 1 aromatic heterocycles. The lowest BCUT2D eigenvalue weighted by atomic mass is 10.0. The average Bonchev–Trinajstić information content (AvgIpc) is 2.99. The molecule has 0 spiro atoms. The summed E-state index contributed by atoms with van der Waals surface area (Å²) in [7, 11) is 0. The van der Waals surface area contributed by atoms with E-state index >= 15 is 0 Å². The van der Waals surface area contributed by atoms with Crippen LogP contribution < -0.4 is 5.73 Å². The van der Waals surface area contributed by atoms with E-state index in [0.717, 1.165) is 31.5 Å². The first-order valence-electron chi connectivity index (χ1n) is 7.44. The number of carbonyl (C=O) groups excluding carboxylic acids is 1. The number of hydrogen-bond acceptors (Lipinski definition) is 4. The maximum Gasteiger partial charge on any atom is 0.234 e. The van der Waals surface area contributed by atoms with Crippen molar-refractivity contribution in [3.8, 4) is 5.69 Å². The molecule has 1 saturated heterocycles. The van der Waals surface area contributed by atoms with Crippen molar-refractivity contribution in [3.63, 3.8) is 0 Å². The predicted molar refractivity (Wildman–Crippen MR) is 83.6 cm³/mol. The summed E-state index contributed by atoms with van der Waals surface area (Å²) in [6.07, 6.45) is 4.56. The lowest BCUT2D eigenvalue weighted by Gasteiger charge is -2.32. The van der Waals surface area contributed by atoms with Gasteiger partial charge in [0.05, 0.1) is 28.6 Å². The zero-order valence-electron chi connectivity index (χ0n) is 12.5. The monoisotopic (exact) mass is 337 g/mol. The van der Waals surface area contributed by atoms with Crippen LogP contribution in [-0.4, -0.2) is 38.4 Å². The van der Waals surface area contributed by atoms with Crippen molar-refractivity contribution in [2.24, 2.45) is 5.73 Å². The molecule has 0 unspecified atom stereocenters. The number of rotatable bonds is 4. The number of primary amides is 1. The minimum Gasteiger partial charge on any atom is -0.368 e. The molecule has 1 amide bonds. The number of hydrogen-bond donors (Lipinski definition) is 1. The maximum absolute atomic E-state index is 13.2. The molecular formula is C15H17ClFN5O. The number of nitrogens with two attached hydrogens (primary N) is 1. The second-order valence-corrected chi connectivity index (χ2v) is 6.04. The standard InChI is InChI=1S/C15H17ClFN5O/c16-12-7-11(4-5-13(12)17)22-9-10(19-20-22)8-21-6-2-1-3-14(21)15(18)23/h4-5,7,9,14H,1-3,6,8H2,(H2,18,23)/t14-/m0/s1. The van der Waals surface area contributed by atoms with Crippen LogP contribution in [0.25, 0.3) is 5.69 Å². The number of halogens is 2. The minimum atomic E-state index is -0.478. The molecular weight excluding hydrogens is 321 g/mol. The van der Waals surface area contributed by atoms with Crippen LogP contribution in [0, 0.1) is 5.82 Å². The summed E-state index contributed by atoms with van der Waals surface area (Å²) >= 11 is 5.78. The van der Waals surface area contributed by atoms with Crippen LogP contribution >= 0.6 is 11.6 Å². The van der Waals surface area contributed by atoms with Gasteiger partial charge in [-0.15, -0.1) is 5.10 Å². The molecule has 1 fully saturated rings. The zero-order chi connectivity index (χ0) is 16.4. The third-order valence-electron chi connectivity index (χ3n) is 4.02. The van der Waals surface area contributed by atoms with E-state index in [-0.39, 0.29) is 17.0 Å². The van der Waals surface area contributed by atoms with Crippen molar-refractivity contribution in [3.05, 3.63) is 40.9 Å². The quantitative estimate of drug-likeness (QED) is 0.924. The summed E-state index contributed by atoms with van der Waals surface area (Å²) < 4.78 is 14.8. The summed E-state index contributed by atoms with van der Waals surface area (Å²) in [5, 5.41) is 8.18. The Bertz CT molecular complexity index is 720. The highest BCUT2D eigenvalue weighted by molar-refractivity contribution is 6.30. The Morgan fingerprint density at radius 3 is 3.00 bits per heavy atom. The molecule has 0 bridgehead atoms. The number of aromatic nitrogens is 3. The first kappa shape index (κ1) is 15.9. The first-order chi connectivity index (χ1) is 11.0. The molecule has 8 heteroatoms. The van der Waals surface area contributed by atoms with E-state index in [0.29, 0.717) is 12.2 Å². The number of benzene rings is 1. The highest BCUT2D eigenvalue weighted by Crippen LogP contribution is 2.20. The highest BCUT2D eigenvalue weighted by atomic mass is 35.5. The second kappa shape index (κ2) is 6.64. The highest BCUT2D eigenvalue weighted by Gasteiger charge is 2.27. The molecule has 6 nitrogen and oxygen atoms in total. The molecule has 23 heavy (non-hydrogen) atoms. The fraction of sp³-hybridized carbons (Fsp3) is 0.400. The minimum absolute atomic E-state index is 0.0318. The first-order valence-corrected chi connectivity index (χ1v) is 7.82. The zero-order valence-corrected chi connectivity index (χ0v) is 13.2. The van der Waals surface area contributed by atoms with E-state index in [1.54, 1.807) is 12.3 Å². The summed E-state index contributed by atoms with van der Waals surface area (Å²) in [6.45, 7) is 1.31. The van der Waals surface area contributed by atoms with Gasteiger partial charge < -0.3 is 5.73 Å². The Labute approximate surface area is 138 Å². The molecule has 122 valence electrons. The van der Waals surface area contributed by atoms with E-state index in [1.807, 2.05) is 4.90 Å². The molecule has 1 aliphatic rings. The van der Waals surface area contributed by atoms with Crippen LogP contribution in [-0.2, 0) is 11.3 Å². The molecule has 0 saturated carbocycles. The Balaban J connectivity index is 1.76. The van der Waals surface area contributed by atoms with E-state index in [9.17, 15) is 9.18 Å². The molecule has 2 N–H and O–H groups in total. The topological polar surface area (TPSA) is 77.0 Å². The van der Waals surface area contributed by atoms with Crippen LogP contribution in [0.1, 0.15) is 25.0 Å². The van der Waals surface area contributed by atoms with Gasteiger partial charge in [-0.1, -0.05) is 23.2 Å². The summed E-state index contributed by atoms with van der Waals surface area (Å²) in [5.41, 5.74) is 6.81. The average molecular weight is 338 g/mol. The normalized spacial score (nSPS) is 19.0. The van der Waals surface area contributed by atoms with Gasteiger partial charge in [-0.25, -0.2) is 9.07 Å². The number of nitrogens with zero attached hydrogens (tertiary/aromatic N) is 4. The van der Waals surface area contributed by atoms with Crippen molar-refractivity contribution in [2.45, 2.75) is 31.8 Å². The molecule has 3 rings (SSSR count). The number of carbonyl (C=O) groups is 1. The van der Waals surface area contributed by atoms with E-state index < -0.39 is 5.82 Å². The lowest BCUT2D eigenvalue weighted by Crippen LogP contribution is -2.47. The van der Waals surface area contributed by atoms with Crippen LogP contribution in [0.3, 0.4) is 0 Å². The van der Waals surface area contributed by atoms with Crippen molar-refractivity contribution < 1.29 is 9.18 Å². The number of amides is 1. The molecule has 1 atom stereocenters. The second-order valence-electron chi connectivity index (χ2n) is 5.64. The number of piperidine rings is 1. The Morgan fingerprint density at radius 2 is 2.26 bits per heavy atom. The smallest absolute Gasteiger partial charge is 0.234 e. The van der Waals surface area contributed by atoms with Crippen LogP contribution in [0.2, 0.25) is 5.02 Å². The summed E-state index contributed by atoms with van der Waals surface area (Å²) in [4.78, 5) is 13.6. The maximum atomic E-state index is 13.2. The van der Waals surface area contributed by atoms with Gasteiger partial charge in [0.1, 0.15) is 5.82 Å². The van der Waals surface area contributed by atoms with Gasteiger partial charge in [0.25, 0.3) is 0 Å². The molecule has 0 radical (unpaired) electrons. The van der Waals surface area contributed by atoms with Gasteiger partial charge in [0.2, 0.25) is 5.91 Å². The van der Waals surface area contributed by atoms with Crippen molar-refractivity contribution in [1.29, 1.82) is 0 Å². The largest absolute Gasteiger partial charge is 0.368 e. The number of likely N-dealkylation sites (tertiary alicyclic amines) is 1. The SMILES string of the molecule is NC(=O)[C@@H]1CCCCN1Cc1cn(-c2ccc(F)c(Cl)c2)nn1. The van der Waals surface area contributed by atoms with Crippen molar-refractivity contribution in [1.82, 2.24) is 19.9 Å². The summed E-state index contributed by atoms with van der Waals surface area (Å²) in [6, 6.07) is 4.09. The fourth-order valence-corrected chi connectivity index (χ4v) is 3.01. The fourth-order valence-electron chi connectivity index (χ4n) is 2.84. The van der Waals surface area contributed by atoms with Gasteiger partial charge in [-0.2, -0.15) is 0 Å². The molecule has 2 heterocycles.